The molecule has 0 amide bonds. The molecule has 1 aromatic rings. The molecule has 1 saturated heterocycles. The second-order valence-corrected chi connectivity index (χ2v) is 3.61. The van der Waals surface area contributed by atoms with Gasteiger partial charge in [-0.15, -0.1) is 0 Å². The molecule has 1 aromatic carbocycles. The summed E-state index contributed by atoms with van der Waals surface area (Å²) in [6.07, 6.45) is 2.14. The zero-order valence-corrected chi connectivity index (χ0v) is 7.96. The first kappa shape index (κ1) is 9.62. The highest BCUT2D eigenvalue weighted by Crippen LogP contribution is 2.27. The lowest BCUT2D eigenvalue weighted by molar-refractivity contribution is 0.273. The van der Waals surface area contributed by atoms with Crippen LogP contribution < -0.4 is 5.32 Å². The highest BCUT2D eigenvalue weighted by Gasteiger charge is 2.20. The topological polar surface area (TPSA) is 32.3 Å². The summed E-state index contributed by atoms with van der Waals surface area (Å²) in [5, 5.41) is 12.4. The average Bonchev–Trinajstić information content (AvgIpc) is 2.70. The molecule has 2 nitrogen and oxygen atoms in total. The monoisotopic (exact) mass is 195 g/mol. The molecule has 0 radical (unpaired) electrons. The molecule has 1 aliphatic rings. The van der Waals surface area contributed by atoms with E-state index in [0.717, 1.165) is 24.9 Å². The van der Waals surface area contributed by atoms with E-state index < -0.39 is 0 Å². The molecule has 3 heteroatoms. The summed E-state index contributed by atoms with van der Waals surface area (Å²) in [7, 11) is 0. The van der Waals surface area contributed by atoms with Gasteiger partial charge in [-0.3, -0.25) is 0 Å². The van der Waals surface area contributed by atoms with E-state index in [9.17, 15) is 4.39 Å². The Morgan fingerprint density at radius 3 is 3.00 bits per heavy atom. The first-order valence-electron chi connectivity index (χ1n) is 4.94. The molecule has 2 N–H and O–H groups in total. The van der Waals surface area contributed by atoms with Crippen LogP contribution in [0.1, 0.15) is 30.0 Å². The lowest BCUT2D eigenvalue weighted by Crippen LogP contribution is -2.15. The molecular formula is C11H14FNO. The fourth-order valence-electron chi connectivity index (χ4n) is 2.02. The Bertz CT molecular complexity index is 321. The summed E-state index contributed by atoms with van der Waals surface area (Å²) >= 11 is 0. The van der Waals surface area contributed by atoms with Gasteiger partial charge in [-0.25, -0.2) is 4.39 Å². The Hall–Kier alpha value is -0.930. The van der Waals surface area contributed by atoms with Crippen molar-refractivity contribution in [3.63, 3.8) is 0 Å². The largest absolute Gasteiger partial charge is 0.392 e. The van der Waals surface area contributed by atoms with Gasteiger partial charge >= 0.3 is 0 Å². The maximum Gasteiger partial charge on any atom is 0.129 e. The van der Waals surface area contributed by atoms with Crippen molar-refractivity contribution < 1.29 is 9.50 Å². The van der Waals surface area contributed by atoms with Gasteiger partial charge in [-0.1, -0.05) is 12.1 Å². The Morgan fingerprint density at radius 1 is 1.50 bits per heavy atom. The van der Waals surface area contributed by atoms with Crippen molar-refractivity contribution >= 4 is 0 Å². The fraction of sp³-hybridized carbons (Fsp3) is 0.455. The van der Waals surface area contributed by atoms with Crippen molar-refractivity contribution in [2.24, 2.45) is 0 Å². The van der Waals surface area contributed by atoms with Crippen LogP contribution in [0.5, 0.6) is 0 Å². The van der Waals surface area contributed by atoms with Gasteiger partial charge in [0, 0.05) is 11.6 Å². The van der Waals surface area contributed by atoms with Gasteiger partial charge in [0.25, 0.3) is 0 Å². The highest BCUT2D eigenvalue weighted by atomic mass is 19.1. The predicted molar refractivity (Wildman–Crippen MR) is 52.3 cm³/mol. The van der Waals surface area contributed by atoms with E-state index in [1.807, 2.05) is 6.07 Å². The second kappa shape index (κ2) is 4.07. The normalized spacial score (nSPS) is 21.4. The summed E-state index contributed by atoms with van der Waals surface area (Å²) in [6, 6.07) is 5.19. The standard InChI is InChI=1S/C11H14FNO/c12-10-4-1-3-8(9(10)7-14)11-5-2-6-13-11/h1,3-4,11,13-14H,2,5-7H2/t11-/m0/s1. The van der Waals surface area contributed by atoms with Gasteiger partial charge in [-0.05, 0) is 31.0 Å². The number of hydrogen-bond acceptors (Lipinski definition) is 2. The van der Waals surface area contributed by atoms with Crippen molar-refractivity contribution in [3.05, 3.63) is 35.1 Å². The molecule has 0 aromatic heterocycles. The first-order valence-corrected chi connectivity index (χ1v) is 4.94. The van der Waals surface area contributed by atoms with E-state index in [0.29, 0.717) is 5.56 Å². The van der Waals surface area contributed by atoms with Crippen molar-refractivity contribution in [3.8, 4) is 0 Å². The van der Waals surface area contributed by atoms with Crippen LogP contribution in [0.15, 0.2) is 18.2 Å². The third-order valence-electron chi connectivity index (χ3n) is 2.75. The Kier molecular flexibility index (Phi) is 2.79. The van der Waals surface area contributed by atoms with Crippen LogP contribution in [0.4, 0.5) is 4.39 Å². The van der Waals surface area contributed by atoms with E-state index in [1.165, 1.54) is 6.07 Å². The van der Waals surface area contributed by atoms with Crippen LogP contribution in [0.2, 0.25) is 0 Å². The molecule has 14 heavy (non-hydrogen) atoms. The minimum absolute atomic E-state index is 0.216. The number of aliphatic hydroxyl groups is 1. The summed E-state index contributed by atoms with van der Waals surface area (Å²) in [6.45, 7) is 0.756. The maximum atomic E-state index is 13.3. The summed E-state index contributed by atoms with van der Waals surface area (Å²) in [5.41, 5.74) is 1.34. The van der Waals surface area contributed by atoms with Gasteiger partial charge in [0.2, 0.25) is 0 Å². The van der Waals surface area contributed by atoms with Gasteiger partial charge in [0.05, 0.1) is 6.61 Å². The first-order chi connectivity index (χ1) is 6.83. The SMILES string of the molecule is OCc1c(F)cccc1[C@@H]1CCCN1. The molecule has 0 saturated carbocycles. The third kappa shape index (κ3) is 1.65. The van der Waals surface area contributed by atoms with Crippen LogP contribution in [0, 0.1) is 5.82 Å². The van der Waals surface area contributed by atoms with Crippen molar-refractivity contribution in [2.45, 2.75) is 25.5 Å². The van der Waals surface area contributed by atoms with Crippen LogP contribution in [-0.4, -0.2) is 11.7 Å². The van der Waals surface area contributed by atoms with Crippen molar-refractivity contribution in [1.82, 2.24) is 5.32 Å². The van der Waals surface area contributed by atoms with Crippen LogP contribution in [-0.2, 0) is 6.61 Å². The fourth-order valence-corrected chi connectivity index (χ4v) is 2.02. The molecule has 0 bridgehead atoms. The maximum absolute atomic E-state index is 13.3. The lowest BCUT2D eigenvalue weighted by atomic mass is 9.99. The van der Waals surface area contributed by atoms with Gasteiger partial charge < -0.3 is 10.4 Å². The number of halogens is 1. The summed E-state index contributed by atoms with van der Waals surface area (Å²) in [4.78, 5) is 0. The summed E-state index contributed by atoms with van der Waals surface area (Å²) < 4.78 is 13.3. The van der Waals surface area contributed by atoms with Gasteiger partial charge in [-0.2, -0.15) is 0 Å². The minimum atomic E-state index is -0.307. The highest BCUT2D eigenvalue weighted by molar-refractivity contribution is 5.31. The van der Waals surface area contributed by atoms with Crippen LogP contribution in [0.25, 0.3) is 0 Å². The molecule has 0 unspecified atom stereocenters. The molecular weight excluding hydrogens is 181 g/mol. The number of nitrogens with one attached hydrogen (secondary N) is 1. The zero-order chi connectivity index (χ0) is 9.97. The molecule has 1 heterocycles. The molecule has 0 aliphatic carbocycles. The Morgan fingerprint density at radius 2 is 2.36 bits per heavy atom. The smallest absolute Gasteiger partial charge is 0.129 e. The molecule has 0 spiro atoms. The quantitative estimate of drug-likeness (QED) is 0.753. The van der Waals surface area contributed by atoms with E-state index in [-0.39, 0.29) is 18.5 Å². The van der Waals surface area contributed by atoms with Crippen LogP contribution in [0.3, 0.4) is 0 Å². The molecule has 2 rings (SSSR count). The minimum Gasteiger partial charge on any atom is -0.392 e. The lowest BCUT2D eigenvalue weighted by Gasteiger charge is -2.14. The molecule has 1 aliphatic heterocycles. The van der Waals surface area contributed by atoms with E-state index >= 15 is 0 Å². The van der Waals surface area contributed by atoms with E-state index in [1.54, 1.807) is 6.07 Å². The zero-order valence-electron chi connectivity index (χ0n) is 7.96. The third-order valence-corrected chi connectivity index (χ3v) is 2.75. The molecule has 1 atom stereocenters. The number of hydrogen-bond donors (Lipinski definition) is 2. The Balaban J connectivity index is 2.35. The van der Waals surface area contributed by atoms with Crippen LogP contribution >= 0.6 is 0 Å². The predicted octanol–water partition coefficient (Wildman–Crippen LogP) is 1.74. The summed E-state index contributed by atoms with van der Waals surface area (Å²) in [5.74, 6) is -0.307. The molecule has 76 valence electrons. The number of aliphatic hydroxyl groups excluding tert-OH is 1. The average molecular weight is 195 g/mol. The second-order valence-electron chi connectivity index (χ2n) is 3.61. The van der Waals surface area contributed by atoms with Crippen molar-refractivity contribution in [2.75, 3.05) is 6.54 Å². The van der Waals surface area contributed by atoms with E-state index in [4.69, 9.17) is 5.11 Å². The van der Waals surface area contributed by atoms with E-state index in [2.05, 4.69) is 5.32 Å². The van der Waals surface area contributed by atoms with Gasteiger partial charge in [0.1, 0.15) is 5.82 Å². The Labute approximate surface area is 82.8 Å². The number of benzene rings is 1. The van der Waals surface area contributed by atoms with Gasteiger partial charge in [0.15, 0.2) is 0 Å². The molecule has 1 fully saturated rings. The van der Waals surface area contributed by atoms with Crippen molar-refractivity contribution in [1.29, 1.82) is 0 Å². The number of rotatable bonds is 2.